The lowest BCUT2D eigenvalue weighted by molar-refractivity contribution is 0.457. The summed E-state index contributed by atoms with van der Waals surface area (Å²) in [7, 11) is -3.44. The van der Waals surface area contributed by atoms with E-state index in [4.69, 9.17) is 4.42 Å². The van der Waals surface area contributed by atoms with Crippen LogP contribution in [-0.4, -0.2) is 21.0 Å². The Labute approximate surface area is 114 Å². The monoisotopic (exact) mass is 286 g/mol. The molecule has 1 fully saturated rings. The van der Waals surface area contributed by atoms with Crippen molar-refractivity contribution < 1.29 is 12.8 Å². The minimum absolute atomic E-state index is 0.0842. The summed E-state index contributed by atoms with van der Waals surface area (Å²) in [5, 5.41) is 3.19. The van der Waals surface area contributed by atoms with Crippen LogP contribution in [0, 0.1) is 12.8 Å². The average Bonchev–Trinajstić information content (AvgIpc) is 2.85. The quantitative estimate of drug-likeness (QED) is 0.749. The molecule has 0 aliphatic heterocycles. The van der Waals surface area contributed by atoms with Crippen LogP contribution in [-0.2, 0) is 16.6 Å². The van der Waals surface area contributed by atoms with Crippen molar-refractivity contribution in [3.63, 3.8) is 0 Å². The van der Waals surface area contributed by atoms with Gasteiger partial charge in [0.25, 0.3) is 0 Å². The number of furan rings is 1. The van der Waals surface area contributed by atoms with Crippen LogP contribution in [0.2, 0.25) is 0 Å². The summed E-state index contributed by atoms with van der Waals surface area (Å²) in [6, 6.07) is 1.70. The van der Waals surface area contributed by atoms with Crippen molar-refractivity contribution in [3.05, 3.63) is 17.6 Å². The van der Waals surface area contributed by atoms with E-state index in [1.807, 2.05) is 6.92 Å². The van der Waals surface area contributed by atoms with Gasteiger partial charge in [-0.1, -0.05) is 13.8 Å². The highest BCUT2D eigenvalue weighted by molar-refractivity contribution is 7.89. The largest absolute Gasteiger partial charge is 0.464 e. The first kappa shape index (κ1) is 14.6. The molecule has 1 saturated carbocycles. The summed E-state index contributed by atoms with van der Waals surface area (Å²) in [6.45, 7) is 7.25. The predicted molar refractivity (Wildman–Crippen MR) is 73.3 cm³/mol. The molecule has 1 aliphatic carbocycles. The third-order valence-corrected chi connectivity index (χ3v) is 4.95. The zero-order valence-electron chi connectivity index (χ0n) is 11.7. The number of hydrogen-bond acceptors (Lipinski definition) is 4. The molecule has 2 unspecified atom stereocenters. The Balaban J connectivity index is 2.06. The van der Waals surface area contributed by atoms with Crippen molar-refractivity contribution in [2.24, 2.45) is 5.92 Å². The van der Waals surface area contributed by atoms with Crippen LogP contribution in [0.3, 0.4) is 0 Å². The standard InChI is InChI=1S/C13H22N2O3S/c1-4-5-14-8-11-7-13(10(3)18-11)19(16,17)15-12-6-9(12)2/h7,9,12,14-15H,4-6,8H2,1-3H3. The summed E-state index contributed by atoms with van der Waals surface area (Å²) in [6.07, 6.45) is 1.95. The van der Waals surface area contributed by atoms with Crippen LogP contribution in [0.1, 0.15) is 38.2 Å². The Morgan fingerprint density at radius 2 is 2.16 bits per heavy atom. The number of rotatable bonds is 7. The fourth-order valence-corrected chi connectivity index (χ4v) is 3.58. The molecule has 0 radical (unpaired) electrons. The van der Waals surface area contributed by atoms with Gasteiger partial charge in [0.15, 0.2) is 0 Å². The molecule has 19 heavy (non-hydrogen) atoms. The molecule has 0 bridgehead atoms. The maximum absolute atomic E-state index is 12.2. The lowest BCUT2D eigenvalue weighted by Crippen LogP contribution is -2.27. The summed E-state index contributed by atoms with van der Waals surface area (Å²) in [5.41, 5.74) is 0. The molecule has 6 heteroatoms. The zero-order chi connectivity index (χ0) is 14.0. The normalized spacial score (nSPS) is 22.7. The molecule has 5 nitrogen and oxygen atoms in total. The number of nitrogens with one attached hydrogen (secondary N) is 2. The van der Waals surface area contributed by atoms with Gasteiger partial charge >= 0.3 is 0 Å². The fourth-order valence-electron chi connectivity index (χ4n) is 2.02. The van der Waals surface area contributed by atoms with E-state index >= 15 is 0 Å². The predicted octanol–water partition coefficient (Wildman–Crippen LogP) is 1.77. The van der Waals surface area contributed by atoms with Gasteiger partial charge in [0.1, 0.15) is 16.4 Å². The van der Waals surface area contributed by atoms with Crippen LogP contribution in [0.25, 0.3) is 0 Å². The molecule has 0 spiro atoms. The molecule has 1 aromatic rings. The maximum atomic E-state index is 12.2. The first-order valence-corrected chi connectivity index (χ1v) is 8.24. The van der Waals surface area contributed by atoms with Gasteiger partial charge in [-0.2, -0.15) is 0 Å². The van der Waals surface area contributed by atoms with Gasteiger partial charge in [-0.15, -0.1) is 0 Å². The third-order valence-electron chi connectivity index (χ3n) is 3.35. The van der Waals surface area contributed by atoms with Gasteiger partial charge in [-0.3, -0.25) is 0 Å². The molecule has 1 aliphatic rings. The molecule has 1 heterocycles. The highest BCUT2D eigenvalue weighted by atomic mass is 32.2. The van der Waals surface area contributed by atoms with Gasteiger partial charge in [-0.05, 0) is 32.2 Å². The molecule has 2 N–H and O–H groups in total. The summed E-state index contributed by atoms with van der Waals surface area (Å²) in [4.78, 5) is 0.264. The topological polar surface area (TPSA) is 71.3 Å². The lowest BCUT2D eigenvalue weighted by Gasteiger charge is -2.03. The highest BCUT2D eigenvalue weighted by Gasteiger charge is 2.37. The molecule has 2 atom stereocenters. The number of aryl methyl sites for hydroxylation is 1. The van der Waals surface area contributed by atoms with Crippen LogP contribution in [0.4, 0.5) is 0 Å². The van der Waals surface area contributed by atoms with Crippen molar-refractivity contribution in [1.82, 2.24) is 10.0 Å². The summed E-state index contributed by atoms with van der Waals surface area (Å²) >= 11 is 0. The lowest BCUT2D eigenvalue weighted by atomic mass is 10.4. The number of sulfonamides is 1. The third kappa shape index (κ3) is 3.58. The van der Waals surface area contributed by atoms with Gasteiger partial charge in [0.2, 0.25) is 10.0 Å². The molecule has 0 aromatic carbocycles. The molecule has 108 valence electrons. The minimum atomic E-state index is -3.44. The first-order valence-electron chi connectivity index (χ1n) is 6.76. The van der Waals surface area contributed by atoms with Crippen LogP contribution in [0.5, 0.6) is 0 Å². The molecule has 1 aromatic heterocycles. The SMILES string of the molecule is CCCNCc1cc(S(=O)(=O)NC2CC2C)c(C)o1. The van der Waals surface area contributed by atoms with Crippen molar-refractivity contribution in [2.75, 3.05) is 6.54 Å². The van der Waals surface area contributed by atoms with Crippen molar-refractivity contribution in [1.29, 1.82) is 0 Å². The van der Waals surface area contributed by atoms with E-state index in [1.165, 1.54) is 0 Å². The average molecular weight is 286 g/mol. The summed E-state index contributed by atoms with van der Waals surface area (Å²) < 4.78 is 32.6. The van der Waals surface area contributed by atoms with Gasteiger partial charge in [0.05, 0.1) is 6.54 Å². The van der Waals surface area contributed by atoms with Crippen molar-refractivity contribution in [3.8, 4) is 0 Å². The Hall–Kier alpha value is -0.850. The van der Waals surface area contributed by atoms with E-state index in [9.17, 15) is 8.42 Å². The van der Waals surface area contributed by atoms with Gasteiger partial charge in [0, 0.05) is 12.1 Å². The Kier molecular flexibility index (Phi) is 4.32. The Morgan fingerprint density at radius 1 is 1.47 bits per heavy atom. The molecule has 0 saturated heterocycles. The van der Waals surface area contributed by atoms with E-state index in [2.05, 4.69) is 17.0 Å². The second kappa shape index (κ2) is 5.64. The van der Waals surface area contributed by atoms with E-state index in [0.717, 1.165) is 19.4 Å². The van der Waals surface area contributed by atoms with Gasteiger partial charge < -0.3 is 9.73 Å². The fraction of sp³-hybridized carbons (Fsp3) is 0.692. The molecule has 0 amide bonds. The number of hydrogen-bond donors (Lipinski definition) is 2. The molecular formula is C13H22N2O3S. The summed E-state index contributed by atoms with van der Waals surface area (Å²) in [5.74, 6) is 1.55. The highest BCUT2D eigenvalue weighted by Crippen LogP contribution is 2.31. The van der Waals surface area contributed by atoms with Crippen LogP contribution in [0.15, 0.2) is 15.4 Å². The van der Waals surface area contributed by atoms with E-state index in [0.29, 0.717) is 24.0 Å². The first-order chi connectivity index (χ1) is 8.94. The van der Waals surface area contributed by atoms with E-state index in [1.54, 1.807) is 13.0 Å². The van der Waals surface area contributed by atoms with E-state index < -0.39 is 10.0 Å². The smallest absolute Gasteiger partial charge is 0.244 e. The van der Waals surface area contributed by atoms with Gasteiger partial charge in [-0.25, -0.2) is 13.1 Å². The van der Waals surface area contributed by atoms with Crippen LogP contribution >= 0.6 is 0 Å². The second-order valence-electron chi connectivity index (χ2n) is 5.25. The Bertz CT molecular complexity index is 536. The molecular weight excluding hydrogens is 264 g/mol. The second-order valence-corrected chi connectivity index (χ2v) is 6.93. The van der Waals surface area contributed by atoms with Crippen molar-refractivity contribution in [2.45, 2.75) is 51.1 Å². The van der Waals surface area contributed by atoms with Crippen LogP contribution < -0.4 is 10.0 Å². The Morgan fingerprint density at radius 3 is 2.74 bits per heavy atom. The maximum Gasteiger partial charge on any atom is 0.244 e. The molecule has 2 rings (SSSR count). The minimum Gasteiger partial charge on any atom is -0.464 e. The van der Waals surface area contributed by atoms with Crippen molar-refractivity contribution >= 4 is 10.0 Å². The zero-order valence-corrected chi connectivity index (χ0v) is 12.5. The van der Waals surface area contributed by atoms with E-state index in [-0.39, 0.29) is 10.9 Å².